The molecule has 0 amide bonds. The zero-order valence-electron chi connectivity index (χ0n) is 15.7. The minimum Gasteiger partial charge on any atom is -0.0651 e. The van der Waals surface area contributed by atoms with Crippen LogP contribution in [0.3, 0.4) is 0 Å². The van der Waals surface area contributed by atoms with Crippen LogP contribution in [-0.4, -0.2) is 0 Å². The lowest BCUT2D eigenvalue weighted by atomic mass is 9.67. The van der Waals surface area contributed by atoms with Crippen LogP contribution in [0.25, 0.3) is 0 Å². The number of rotatable bonds is 12. The minimum atomic E-state index is 0.737. The molecule has 0 aromatic heterocycles. The number of hydrogen-bond donors (Lipinski definition) is 0. The first-order chi connectivity index (χ1) is 9.95. The molecule has 0 heteroatoms. The molecule has 0 nitrogen and oxygen atoms in total. The van der Waals surface area contributed by atoms with Gasteiger partial charge in [0.15, 0.2) is 0 Å². The predicted molar refractivity (Wildman–Crippen MR) is 96.7 cm³/mol. The van der Waals surface area contributed by atoms with Gasteiger partial charge in [0.1, 0.15) is 0 Å². The zero-order valence-corrected chi connectivity index (χ0v) is 15.7. The third-order valence-electron chi connectivity index (χ3n) is 6.18. The molecule has 0 spiro atoms. The minimum absolute atomic E-state index is 0.737. The molecule has 0 aromatic carbocycles. The molecule has 1 fully saturated rings. The highest BCUT2D eigenvalue weighted by atomic mass is 14.4. The first-order valence-corrected chi connectivity index (χ1v) is 9.95. The normalized spacial score (nSPS) is 21.6. The van der Waals surface area contributed by atoms with E-state index in [0.29, 0.717) is 0 Å². The van der Waals surface area contributed by atoms with Crippen LogP contribution in [0.1, 0.15) is 112 Å². The molecule has 126 valence electrons. The third-order valence-corrected chi connectivity index (χ3v) is 6.18. The van der Waals surface area contributed by atoms with E-state index < -0.39 is 0 Å². The van der Waals surface area contributed by atoms with E-state index in [4.69, 9.17) is 0 Å². The molecule has 0 N–H and O–H groups in total. The quantitative estimate of drug-likeness (QED) is 0.325. The van der Waals surface area contributed by atoms with Gasteiger partial charge in [-0.3, -0.25) is 0 Å². The first-order valence-electron chi connectivity index (χ1n) is 9.95. The summed E-state index contributed by atoms with van der Waals surface area (Å²) in [6.07, 6.45) is 17.5. The lowest BCUT2D eigenvalue weighted by Crippen LogP contribution is -2.25. The van der Waals surface area contributed by atoms with Crippen molar-refractivity contribution in [2.75, 3.05) is 0 Å². The summed E-state index contributed by atoms with van der Waals surface area (Å²) >= 11 is 0. The Morgan fingerprint density at radius 3 is 1.81 bits per heavy atom. The fourth-order valence-electron chi connectivity index (χ4n) is 4.02. The Hall–Kier alpha value is 0. The second kappa shape index (κ2) is 9.90. The summed E-state index contributed by atoms with van der Waals surface area (Å²) in [5.41, 5.74) is 0.737. The Bertz CT molecular complexity index is 251. The summed E-state index contributed by atoms with van der Waals surface area (Å²) in [7, 11) is 0. The van der Waals surface area contributed by atoms with Gasteiger partial charge in [-0.05, 0) is 48.9 Å². The first kappa shape index (κ1) is 19.0. The van der Waals surface area contributed by atoms with Crippen molar-refractivity contribution in [3.8, 4) is 0 Å². The van der Waals surface area contributed by atoms with Crippen LogP contribution in [-0.2, 0) is 0 Å². The Labute approximate surface area is 135 Å². The van der Waals surface area contributed by atoms with Crippen molar-refractivity contribution in [2.45, 2.75) is 112 Å². The molecule has 1 saturated carbocycles. The highest BCUT2D eigenvalue weighted by Crippen LogP contribution is 2.44. The standard InChI is InChI=1S/C21H42/c1-6-18(2)11-7-8-12-19(3)17-20(4)13-9-14-21(5)15-10-16-21/h18-20H,6-17H2,1-5H3. The average molecular weight is 295 g/mol. The summed E-state index contributed by atoms with van der Waals surface area (Å²) < 4.78 is 0. The fraction of sp³-hybridized carbons (Fsp3) is 1.00. The van der Waals surface area contributed by atoms with Gasteiger partial charge in [0.2, 0.25) is 0 Å². The van der Waals surface area contributed by atoms with Gasteiger partial charge in [-0.2, -0.15) is 0 Å². The Morgan fingerprint density at radius 2 is 1.33 bits per heavy atom. The molecule has 0 heterocycles. The molecule has 0 aromatic rings. The van der Waals surface area contributed by atoms with Crippen LogP contribution < -0.4 is 0 Å². The summed E-state index contributed by atoms with van der Waals surface area (Å²) in [5.74, 6) is 2.82. The van der Waals surface area contributed by atoms with Crippen LogP contribution in [0.5, 0.6) is 0 Å². The second-order valence-electron chi connectivity index (χ2n) is 8.80. The second-order valence-corrected chi connectivity index (χ2v) is 8.80. The van der Waals surface area contributed by atoms with Crippen molar-refractivity contribution in [1.29, 1.82) is 0 Å². The van der Waals surface area contributed by atoms with Crippen LogP contribution in [0.4, 0.5) is 0 Å². The molecule has 0 bridgehead atoms. The molecule has 1 rings (SSSR count). The lowest BCUT2D eigenvalue weighted by Gasteiger charge is -2.38. The molecule has 3 unspecified atom stereocenters. The summed E-state index contributed by atoms with van der Waals surface area (Å²) in [6.45, 7) is 12.2. The fourth-order valence-corrected chi connectivity index (χ4v) is 4.02. The maximum atomic E-state index is 2.50. The van der Waals surface area contributed by atoms with Crippen molar-refractivity contribution in [2.24, 2.45) is 23.2 Å². The molecule has 0 saturated heterocycles. The lowest BCUT2D eigenvalue weighted by molar-refractivity contribution is 0.138. The van der Waals surface area contributed by atoms with Gasteiger partial charge in [0.05, 0.1) is 0 Å². The van der Waals surface area contributed by atoms with E-state index in [-0.39, 0.29) is 0 Å². The van der Waals surface area contributed by atoms with Crippen molar-refractivity contribution >= 4 is 0 Å². The smallest absolute Gasteiger partial charge is 0.0326 e. The van der Waals surface area contributed by atoms with Gasteiger partial charge in [0, 0.05) is 0 Å². The maximum Gasteiger partial charge on any atom is -0.0326 e. The Kier molecular flexibility index (Phi) is 8.98. The van der Waals surface area contributed by atoms with Crippen LogP contribution in [0.15, 0.2) is 0 Å². The van der Waals surface area contributed by atoms with Gasteiger partial charge >= 0.3 is 0 Å². The van der Waals surface area contributed by atoms with Crippen molar-refractivity contribution < 1.29 is 0 Å². The van der Waals surface area contributed by atoms with E-state index in [2.05, 4.69) is 34.6 Å². The topological polar surface area (TPSA) is 0 Å². The van der Waals surface area contributed by atoms with E-state index in [1.54, 1.807) is 0 Å². The number of hydrogen-bond acceptors (Lipinski definition) is 0. The maximum absolute atomic E-state index is 2.50. The average Bonchev–Trinajstić information content (AvgIpc) is 2.41. The van der Waals surface area contributed by atoms with E-state index in [1.165, 1.54) is 77.0 Å². The van der Waals surface area contributed by atoms with Crippen molar-refractivity contribution in [1.82, 2.24) is 0 Å². The Morgan fingerprint density at radius 1 is 0.810 bits per heavy atom. The van der Waals surface area contributed by atoms with E-state index in [1.807, 2.05) is 0 Å². The molecule has 1 aliphatic carbocycles. The van der Waals surface area contributed by atoms with Gasteiger partial charge in [-0.1, -0.05) is 86.0 Å². The van der Waals surface area contributed by atoms with Crippen molar-refractivity contribution in [3.63, 3.8) is 0 Å². The highest BCUT2D eigenvalue weighted by molar-refractivity contribution is 4.83. The third kappa shape index (κ3) is 8.27. The summed E-state index contributed by atoms with van der Waals surface area (Å²) in [5, 5.41) is 0. The molecule has 21 heavy (non-hydrogen) atoms. The van der Waals surface area contributed by atoms with E-state index >= 15 is 0 Å². The van der Waals surface area contributed by atoms with Crippen molar-refractivity contribution in [3.05, 3.63) is 0 Å². The largest absolute Gasteiger partial charge is 0.0651 e. The summed E-state index contributed by atoms with van der Waals surface area (Å²) in [4.78, 5) is 0. The molecule has 3 atom stereocenters. The molecular formula is C21H42. The molecule has 0 aliphatic heterocycles. The highest BCUT2D eigenvalue weighted by Gasteiger charge is 2.30. The van der Waals surface area contributed by atoms with Crippen LogP contribution in [0.2, 0.25) is 0 Å². The van der Waals surface area contributed by atoms with Crippen LogP contribution in [0, 0.1) is 23.2 Å². The monoisotopic (exact) mass is 294 g/mol. The number of unbranched alkanes of at least 4 members (excludes halogenated alkanes) is 1. The van der Waals surface area contributed by atoms with Gasteiger partial charge in [-0.25, -0.2) is 0 Å². The van der Waals surface area contributed by atoms with Gasteiger partial charge in [0.25, 0.3) is 0 Å². The van der Waals surface area contributed by atoms with Gasteiger partial charge < -0.3 is 0 Å². The molecule has 0 radical (unpaired) electrons. The SMILES string of the molecule is CCC(C)CCCCC(C)CC(C)CCCC1(C)CCC1. The van der Waals surface area contributed by atoms with E-state index in [9.17, 15) is 0 Å². The predicted octanol–water partition coefficient (Wildman–Crippen LogP) is 7.62. The molecular weight excluding hydrogens is 252 g/mol. The van der Waals surface area contributed by atoms with E-state index in [0.717, 1.165) is 23.2 Å². The molecule has 1 aliphatic rings. The van der Waals surface area contributed by atoms with Gasteiger partial charge in [-0.15, -0.1) is 0 Å². The Balaban J connectivity index is 1.98. The summed E-state index contributed by atoms with van der Waals surface area (Å²) in [6, 6.07) is 0. The zero-order chi connectivity index (χ0) is 15.7. The van der Waals surface area contributed by atoms with Crippen LogP contribution >= 0.6 is 0 Å².